The average molecular weight is 311 g/mol. The second-order valence-electron chi connectivity index (χ2n) is 3.81. The Morgan fingerprint density at radius 3 is 3.00 bits per heavy atom. The van der Waals surface area contributed by atoms with Crippen molar-refractivity contribution in [2.24, 2.45) is 0 Å². The van der Waals surface area contributed by atoms with Gasteiger partial charge in [0.05, 0.1) is 10.2 Å². The SMILES string of the molecule is CCCNCc1coc(Oc2ccccc2Br)n1. The maximum Gasteiger partial charge on any atom is 0.399 e. The van der Waals surface area contributed by atoms with E-state index in [1.165, 1.54) is 0 Å². The predicted molar refractivity (Wildman–Crippen MR) is 72.7 cm³/mol. The number of hydrogen-bond donors (Lipinski definition) is 1. The summed E-state index contributed by atoms with van der Waals surface area (Å²) in [5.41, 5.74) is 0.838. The first-order valence-electron chi connectivity index (χ1n) is 5.87. The van der Waals surface area contributed by atoms with Crippen LogP contribution in [0.15, 0.2) is 39.4 Å². The molecule has 1 heterocycles. The molecule has 5 heteroatoms. The topological polar surface area (TPSA) is 47.3 Å². The predicted octanol–water partition coefficient (Wildman–Crippen LogP) is 3.73. The highest BCUT2D eigenvalue weighted by atomic mass is 79.9. The number of benzene rings is 1. The van der Waals surface area contributed by atoms with E-state index in [2.05, 4.69) is 33.2 Å². The van der Waals surface area contributed by atoms with Crippen LogP contribution in [0.5, 0.6) is 11.8 Å². The zero-order chi connectivity index (χ0) is 12.8. The highest BCUT2D eigenvalue weighted by Gasteiger charge is 2.07. The van der Waals surface area contributed by atoms with Crippen molar-refractivity contribution in [3.63, 3.8) is 0 Å². The molecule has 0 spiro atoms. The van der Waals surface area contributed by atoms with Crippen molar-refractivity contribution in [2.45, 2.75) is 19.9 Å². The number of nitrogens with zero attached hydrogens (tertiary/aromatic N) is 1. The number of ether oxygens (including phenoxy) is 1. The lowest BCUT2D eigenvalue weighted by atomic mass is 10.3. The first-order valence-corrected chi connectivity index (χ1v) is 6.66. The van der Waals surface area contributed by atoms with Gasteiger partial charge in [-0.2, -0.15) is 4.98 Å². The van der Waals surface area contributed by atoms with Gasteiger partial charge < -0.3 is 14.5 Å². The van der Waals surface area contributed by atoms with Crippen LogP contribution in [0.25, 0.3) is 0 Å². The normalized spacial score (nSPS) is 10.6. The van der Waals surface area contributed by atoms with Crippen molar-refractivity contribution < 1.29 is 9.15 Å². The van der Waals surface area contributed by atoms with E-state index in [9.17, 15) is 0 Å². The standard InChI is InChI=1S/C13H15BrN2O2/c1-2-7-15-8-10-9-17-13(16-10)18-12-6-4-3-5-11(12)14/h3-6,9,15H,2,7-8H2,1H3. The third-order valence-corrected chi connectivity index (χ3v) is 2.95. The van der Waals surface area contributed by atoms with Gasteiger partial charge in [-0.1, -0.05) is 19.1 Å². The lowest BCUT2D eigenvalue weighted by Crippen LogP contribution is -2.13. The summed E-state index contributed by atoms with van der Waals surface area (Å²) < 4.78 is 11.7. The summed E-state index contributed by atoms with van der Waals surface area (Å²) in [4.78, 5) is 4.25. The maximum atomic E-state index is 5.54. The van der Waals surface area contributed by atoms with Crippen LogP contribution in [-0.4, -0.2) is 11.5 Å². The Morgan fingerprint density at radius 1 is 1.39 bits per heavy atom. The quantitative estimate of drug-likeness (QED) is 0.826. The first-order chi connectivity index (χ1) is 8.79. The number of halogens is 1. The molecule has 1 N–H and O–H groups in total. The number of aromatic nitrogens is 1. The summed E-state index contributed by atoms with van der Waals surface area (Å²) >= 11 is 3.41. The molecule has 0 saturated carbocycles. The minimum Gasteiger partial charge on any atom is -0.417 e. The Hall–Kier alpha value is -1.33. The third kappa shape index (κ3) is 3.58. The molecule has 0 atom stereocenters. The third-order valence-electron chi connectivity index (χ3n) is 2.30. The largest absolute Gasteiger partial charge is 0.417 e. The van der Waals surface area contributed by atoms with Gasteiger partial charge in [0.1, 0.15) is 12.0 Å². The Kier molecular flexibility index (Phi) is 4.78. The fourth-order valence-corrected chi connectivity index (χ4v) is 1.80. The van der Waals surface area contributed by atoms with Crippen LogP contribution in [0.2, 0.25) is 0 Å². The van der Waals surface area contributed by atoms with Crippen LogP contribution in [0.1, 0.15) is 19.0 Å². The summed E-state index contributed by atoms with van der Waals surface area (Å²) in [6.45, 7) is 3.78. The number of rotatable bonds is 6. The van der Waals surface area contributed by atoms with E-state index in [-0.39, 0.29) is 6.08 Å². The first kappa shape index (κ1) is 13.1. The minimum absolute atomic E-state index is 0.259. The molecule has 0 aliphatic rings. The van der Waals surface area contributed by atoms with E-state index in [1.807, 2.05) is 24.3 Å². The highest BCUT2D eigenvalue weighted by molar-refractivity contribution is 9.10. The van der Waals surface area contributed by atoms with Crippen LogP contribution in [0, 0.1) is 0 Å². The maximum absolute atomic E-state index is 5.54. The molecule has 2 rings (SSSR count). The molecular formula is C13H15BrN2O2. The molecule has 0 aliphatic heterocycles. The molecule has 0 saturated heterocycles. The van der Waals surface area contributed by atoms with E-state index < -0.39 is 0 Å². The number of oxazole rings is 1. The monoisotopic (exact) mass is 310 g/mol. The van der Waals surface area contributed by atoms with E-state index in [0.717, 1.165) is 23.1 Å². The molecule has 0 radical (unpaired) electrons. The second-order valence-corrected chi connectivity index (χ2v) is 4.67. The zero-order valence-electron chi connectivity index (χ0n) is 10.1. The van der Waals surface area contributed by atoms with Gasteiger partial charge in [-0.25, -0.2) is 0 Å². The van der Waals surface area contributed by atoms with E-state index in [1.54, 1.807) is 6.26 Å². The van der Waals surface area contributed by atoms with Gasteiger partial charge in [-0.3, -0.25) is 0 Å². The Morgan fingerprint density at radius 2 is 2.22 bits per heavy atom. The molecule has 0 aliphatic carbocycles. The number of para-hydroxylation sites is 1. The van der Waals surface area contributed by atoms with Crippen LogP contribution >= 0.6 is 15.9 Å². The Bertz CT molecular complexity index is 499. The van der Waals surface area contributed by atoms with Crippen molar-refractivity contribution in [2.75, 3.05) is 6.54 Å². The number of hydrogen-bond acceptors (Lipinski definition) is 4. The summed E-state index contributed by atoms with van der Waals surface area (Å²) in [5.74, 6) is 0.687. The molecule has 96 valence electrons. The van der Waals surface area contributed by atoms with Gasteiger partial charge in [0.25, 0.3) is 0 Å². The zero-order valence-corrected chi connectivity index (χ0v) is 11.7. The fourth-order valence-electron chi connectivity index (χ4n) is 1.43. The van der Waals surface area contributed by atoms with Crippen molar-refractivity contribution in [3.8, 4) is 11.8 Å². The summed E-state index contributed by atoms with van der Waals surface area (Å²) in [7, 11) is 0. The lowest BCUT2D eigenvalue weighted by molar-refractivity contribution is 0.329. The number of nitrogens with one attached hydrogen (secondary N) is 1. The molecule has 4 nitrogen and oxygen atoms in total. The van der Waals surface area contributed by atoms with Crippen molar-refractivity contribution in [3.05, 3.63) is 40.7 Å². The summed E-state index contributed by atoms with van der Waals surface area (Å²) in [6, 6.07) is 7.57. The Labute approximate surface area is 114 Å². The Balaban J connectivity index is 1.96. The van der Waals surface area contributed by atoms with Gasteiger partial charge in [-0.15, -0.1) is 0 Å². The molecule has 18 heavy (non-hydrogen) atoms. The molecular weight excluding hydrogens is 296 g/mol. The molecule has 1 aromatic heterocycles. The smallest absolute Gasteiger partial charge is 0.399 e. The van der Waals surface area contributed by atoms with Gasteiger partial charge >= 0.3 is 6.08 Å². The highest BCUT2D eigenvalue weighted by Crippen LogP contribution is 2.28. The van der Waals surface area contributed by atoms with Crippen LogP contribution in [0.3, 0.4) is 0 Å². The minimum atomic E-state index is 0.259. The second kappa shape index (κ2) is 6.56. The summed E-state index contributed by atoms with van der Waals surface area (Å²) in [6.07, 6.45) is 2.96. The fraction of sp³-hybridized carbons (Fsp3) is 0.308. The van der Waals surface area contributed by atoms with Crippen LogP contribution in [-0.2, 0) is 6.54 Å². The van der Waals surface area contributed by atoms with E-state index in [0.29, 0.717) is 12.3 Å². The van der Waals surface area contributed by atoms with Gasteiger partial charge in [0.2, 0.25) is 0 Å². The molecule has 2 aromatic rings. The molecule has 1 aromatic carbocycles. The van der Waals surface area contributed by atoms with E-state index >= 15 is 0 Å². The van der Waals surface area contributed by atoms with Crippen molar-refractivity contribution >= 4 is 15.9 Å². The molecule has 0 bridgehead atoms. The molecule has 0 fully saturated rings. The van der Waals surface area contributed by atoms with Crippen LogP contribution in [0.4, 0.5) is 0 Å². The van der Waals surface area contributed by atoms with Crippen molar-refractivity contribution in [1.82, 2.24) is 10.3 Å². The van der Waals surface area contributed by atoms with Gasteiger partial charge in [0.15, 0.2) is 0 Å². The molecule has 0 amide bonds. The molecule has 0 unspecified atom stereocenters. The average Bonchev–Trinajstić information content (AvgIpc) is 2.80. The van der Waals surface area contributed by atoms with Crippen molar-refractivity contribution in [1.29, 1.82) is 0 Å². The van der Waals surface area contributed by atoms with Crippen LogP contribution < -0.4 is 10.1 Å². The summed E-state index contributed by atoms with van der Waals surface area (Å²) in [5, 5.41) is 3.25. The van der Waals surface area contributed by atoms with E-state index in [4.69, 9.17) is 9.15 Å². The lowest BCUT2D eigenvalue weighted by Gasteiger charge is -2.02. The van der Waals surface area contributed by atoms with Gasteiger partial charge in [0, 0.05) is 6.54 Å². The van der Waals surface area contributed by atoms with Gasteiger partial charge in [-0.05, 0) is 41.0 Å².